The van der Waals surface area contributed by atoms with Gasteiger partial charge in [-0.25, -0.2) is 4.79 Å². The van der Waals surface area contributed by atoms with Crippen molar-refractivity contribution in [3.05, 3.63) is 59.0 Å². The number of hydrogen-bond donors (Lipinski definition) is 0. The summed E-state index contributed by atoms with van der Waals surface area (Å²) in [5, 5.41) is 0.961. The van der Waals surface area contributed by atoms with Gasteiger partial charge in [0.05, 0.1) is 31.1 Å². The number of furan rings is 2. The second-order valence-electron chi connectivity index (χ2n) is 5.99. The normalized spacial score (nSPS) is 17.3. The van der Waals surface area contributed by atoms with Gasteiger partial charge in [0.15, 0.2) is 11.2 Å². The molecule has 7 nitrogen and oxygen atoms in total. The van der Waals surface area contributed by atoms with Crippen molar-refractivity contribution in [1.29, 1.82) is 0 Å². The molecule has 0 aliphatic carbocycles. The maximum absolute atomic E-state index is 12.8. The van der Waals surface area contributed by atoms with Crippen molar-refractivity contribution in [2.45, 2.75) is 5.37 Å². The van der Waals surface area contributed by atoms with Gasteiger partial charge in [0, 0.05) is 16.8 Å². The Morgan fingerprint density at radius 2 is 1.93 bits per heavy atom. The molecule has 1 saturated heterocycles. The van der Waals surface area contributed by atoms with Crippen LogP contribution in [0.5, 0.6) is 5.75 Å². The van der Waals surface area contributed by atoms with Crippen LogP contribution in [0.3, 0.4) is 0 Å². The highest BCUT2D eigenvalue weighted by Crippen LogP contribution is 2.49. The highest BCUT2D eigenvalue weighted by atomic mass is 32.2. The van der Waals surface area contributed by atoms with Gasteiger partial charge < -0.3 is 18.0 Å². The van der Waals surface area contributed by atoms with Crippen LogP contribution < -0.4 is 15.3 Å². The van der Waals surface area contributed by atoms with Gasteiger partial charge in [0.2, 0.25) is 11.7 Å². The van der Waals surface area contributed by atoms with Gasteiger partial charge in [-0.05, 0) is 24.3 Å². The summed E-state index contributed by atoms with van der Waals surface area (Å²) in [7, 11) is 1.48. The SMILES string of the molecule is COc1c2occc2c(N2C(=O)CSC2c2ccco2)c2ccc(=O)oc12. The van der Waals surface area contributed by atoms with E-state index in [9.17, 15) is 9.59 Å². The van der Waals surface area contributed by atoms with E-state index in [1.165, 1.54) is 31.2 Å². The number of carbonyl (C=O) groups excluding carboxylic acids is 1. The number of fused-ring (bicyclic) bond motifs is 2. The van der Waals surface area contributed by atoms with Crippen LogP contribution in [0.25, 0.3) is 21.9 Å². The fraction of sp³-hybridized carbons (Fsp3) is 0.158. The van der Waals surface area contributed by atoms with Crippen LogP contribution in [0.15, 0.2) is 60.9 Å². The summed E-state index contributed by atoms with van der Waals surface area (Å²) in [6.45, 7) is 0. The molecule has 1 aromatic carbocycles. The van der Waals surface area contributed by atoms with Gasteiger partial charge in [-0.1, -0.05) is 0 Å². The average Bonchev–Trinajstić information content (AvgIpc) is 3.40. The Hall–Kier alpha value is -3.13. The van der Waals surface area contributed by atoms with Crippen LogP contribution in [0.4, 0.5) is 5.69 Å². The van der Waals surface area contributed by atoms with Crippen molar-refractivity contribution < 1.29 is 22.8 Å². The van der Waals surface area contributed by atoms with E-state index in [2.05, 4.69) is 0 Å². The Bertz CT molecular complexity index is 1220. The van der Waals surface area contributed by atoms with Crippen LogP contribution in [0.2, 0.25) is 0 Å². The van der Waals surface area contributed by atoms with E-state index in [1.54, 1.807) is 29.4 Å². The fourth-order valence-electron chi connectivity index (χ4n) is 3.44. The standard InChI is InChI=1S/C19H13NO6S/c1-23-18-16-11(6-8-25-16)15(10-4-5-14(22)26-17(10)18)20-13(21)9-27-19(20)12-3-2-7-24-12/h2-8,19H,9H2,1H3. The Kier molecular flexibility index (Phi) is 3.54. The summed E-state index contributed by atoms with van der Waals surface area (Å²) in [5.41, 5.74) is 0.750. The van der Waals surface area contributed by atoms with Gasteiger partial charge in [-0.2, -0.15) is 0 Å². The molecular formula is C19H13NO6S. The van der Waals surface area contributed by atoms with Gasteiger partial charge in [-0.3, -0.25) is 9.69 Å². The Balaban J connectivity index is 1.87. The summed E-state index contributed by atoms with van der Waals surface area (Å²) >= 11 is 1.47. The number of carbonyl (C=O) groups is 1. The van der Waals surface area contributed by atoms with Crippen LogP contribution in [0, 0.1) is 0 Å². The first-order valence-electron chi connectivity index (χ1n) is 8.17. The zero-order valence-electron chi connectivity index (χ0n) is 14.1. The van der Waals surface area contributed by atoms with Crippen molar-refractivity contribution >= 4 is 45.3 Å². The first-order chi connectivity index (χ1) is 13.2. The molecule has 0 saturated carbocycles. The molecule has 1 atom stereocenters. The summed E-state index contributed by atoms with van der Waals surface area (Å²) < 4.78 is 22.0. The predicted octanol–water partition coefficient (Wildman–Crippen LogP) is 3.92. The van der Waals surface area contributed by atoms with Crippen molar-refractivity contribution in [1.82, 2.24) is 0 Å². The Morgan fingerprint density at radius 3 is 2.70 bits per heavy atom. The molecule has 1 fully saturated rings. The van der Waals surface area contributed by atoms with Gasteiger partial charge in [-0.15, -0.1) is 11.8 Å². The molecule has 1 aliphatic heterocycles. The number of methoxy groups -OCH3 is 1. The highest BCUT2D eigenvalue weighted by molar-refractivity contribution is 8.00. The minimum absolute atomic E-state index is 0.0680. The van der Waals surface area contributed by atoms with E-state index in [-0.39, 0.29) is 16.9 Å². The zero-order valence-corrected chi connectivity index (χ0v) is 14.9. The van der Waals surface area contributed by atoms with Crippen LogP contribution in [-0.2, 0) is 4.79 Å². The number of hydrogen-bond acceptors (Lipinski definition) is 7. The molecule has 0 bridgehead atoms. The molecule has 8 heteroatoms. The molecule has 136 valence electrons. The minimum atomic E-state index is -0.512. The second-order valence-corrected chi connectivity index (χ2v) is 7.05. The molecule has 27 heavy (non-hydrogen) atoms. The molecule has 1 unspecified atom stereocenters. The number of nitrogens with zero attached hydrogens (tertiary/aromatic N) is 1. The number of amides is 1. The third-order valence-corrected chi connectivity index (χ3v) is 5.69. The van der Waals surface area contributed by atoms with Gasteiger partial charge in [0.25, 0.3) is 0 Å². The summed E-state index contributed by atoms with van der Waals surface area (Å²) in [6.07, 6.45) is 3.10. The smallest absolute Gasteiger partial charge is 0.336 e. The molecule has 0 spiro atoms. The quantitative estimate of drug-likeness (QED) is 0.496. The monoisotopic (exact) mass is 383 g/mol. The first kappa shape index (κ1) is 16.1. The van der Waals surface area contributed by atoms with Crippen LogP contribution >= 0.6 is 11.8 Å². The van der Waals surface area contributed by atoms with Crippen LogP contribution in [-0.4, -0.2) is 18.8 Å². The number of ether oxygens (including phenoxy) is 1. The highest BCUT2D eigenvalue weighted by Gasteiger charge is 2.38. The third-order valence-electron chi connectivity index (χ3n) is 4.52. The molecule has 4 aromatic rings. The van der Waals surface area contributed by atoms with Gasteiger partial charge >= 0.3 is 5.63 Å². The van der Waals surface area contributed by atoms with Crippen molar-refractivity contribution in [3.8, 4) is 5.75 Å². The minimum Gasteiger partial charge on any atom is -0.490 e. The third kappa shape index (κ3) is 2.30. The number of thioether (sulfide) groups is 1. The second kappa shape index (κ2) is 5.95. The summed E-state index contributed by atoms with van der Waals surface area (Å²) in [6, 6.07) is 8.36. The lowest BCUT2D eigenvalue weighted by molar-refractivity contribution is -0.115. The van der Waals surface area contributed by atoms with Crippen LogP contribution in [0.1, 0.15) is 11.1 Å². The molecule has 0 radical (unpaired) electrons. The molecule has 0 N–H and O–H groups in total. The average molecular weight is 383 g/mol. The zero-order chi connectivity index (χ0) is 18.5. The predicted molar refractivity (Wildman–Crippen MR) is 100 cm³/mol. The molecule has 5 rings (SSSR count). The van der Waals surface area contributed by atoms with E-state index in [0.717, 1.165) is 0 Å². The van der Waals surface area contributed by atoms with E-state index < -0.39 is 5.63 Å². The Morgan fingerprint density at radius 1 is 1.07 bits per heavy atom. The van der Waals surface area contributed by atoms with E-state index >= 15 is 0 Å². The molecule has 4 heterocycles. The number of benzene rings is 1. The lowest BCUT2D eigenvalue weighted by Crippen LogP contribution is -2.28. The van der Waals surface area contributed by atoms with Crippen molar-refractivity contribution in [2.75, 3.05) is 17.8 Å². The first-order valence-corrected chi connectivity index (χ1v) is 9.22. The molecule has 1 aliphatic rings. The lowest BCUT2D eigenvalue weighted by Gasteiger charge is -2.24. The molecule has 3 aromatic heterocycles. The van der Waals surface area contributed by atoms with Crippen molar-refractivity contribution in [3.63, 3.8) is 0 Å². The number of rotatable bonds is 3. The maximum atomic E-state index is 12.8. The lowest BCUT2D eigenvalue weighted by atomic mass is 10.1. The Labute approximate surface area is 156 Å². The van der Waals surface area contributed by atoms with E-state index in [1.807, 2.05) is 6.07 Å². The van der Waals surface area contributed by atoms with E-state index in [0.29, 0.717) is 39.3 Å². The maximum Gasteiger partial charge on any atom is 0.336 e. The molecule has 1 amide bonds. The van der Waals surface area contributed by atoms with Crippen molar-refractivity contribution in [2.24, 2.45) is 0 Å². The summed E-state index contributed by atoms with van der Waals surface area (Å²) in [5.74, 6) is 1.24. The molecular weight excluding hydrogens is 370 g/mol. The fourth-order valence-corrected chi connectivity index (χ4v) is 4.55. The van der Waals surface area contributed by atoms with E-state index in [4.69, 9.17) is 18.0 Å². The summed E-state index contributed by atoms with van der Waals surface area (Å²) in [4.78, 5) is 26.3. The van der Waals surface area contributed by atoms with Gasteiger partial charge in [0.1, 0.15) is 11.1 Å². The topological polar surface area (TPSA) is 86.0 Å². The number of anilines is 1. The largest absolute Gasteiger partial charge is 0.490 e.